The number of carbonyl (C=O) groups is 1. The standard InChI is InChI=1S/C8H5Cl3O3/c9-4-1-6(11)7(2-5(4)10)14-3-8(12)13/h1-2H,3H2,(H,12,13)/i1+2,2+2,4+2,5+2,6+2,7+2. The average molecular weight is 267 g/mol. The first-order valence-electron chi connectivity index (χ1n) is 3.50. The average Bonchev–Trinajstić information content (AvgIpc) is 2.09. The highest BCUT2D eigenvalue weighted by atomic mass is 35.5. The molecular weight excluding hydrogens is 262 g/mol. The fourth-order valence-electron chi connectivity index (χ4n) is 0.754. The minimum Gasteiger partial charge on any atom is -0.480 e. The molecule has 0 aliphatic rings. The molecule has 0 spiro atoms. The van der Waals surface area contributed by atoms with Crippen LogP contribution in [0.2, 0.25) is 15.1 Å². The summed E-state index contributed by atoms with van der Waals surface area (Å²) in [7, 11) is 0. The molecule has 1 aromatic rings. The van der Waals surface area contributed by atoms with Crippen molar-refractivity contribution in [2.45, 2.75) is 0 Å². The van der Waals surface area contributed by atoms with E-state index in [0.717, 1.165) is 0 Å². The van der Waals surface area contributed by atoms with Crippen LogP contribution in [0.4, 0.5) is 0 Å². The van der Waals surface area contributed by atoms with Crippen molar-refractivity contribution in [3.8, 4) is 5.75 Å². The summed E-state index contributed by atoms with van der Waals surface area (Å²) in [6.07, 6.45) is 0. The van der Waals surface area contributed by atoms with Crippen molar-refractivity contribution in [1.82, 2.24) is 0 Å². The van der Waals surface area contributed by atoms with Crippen LogP contribution in [0.5, 0.6) is 5.75 Å². The summed E-state index contributed by atoms with van der Waals surface area (Å²) in [6, 6.07) is 2.76. The number of hydrogen-bond acceptors (Lipinski definition) is 2. The molecule has 0 bridgehead atoms. The molecule has 14 heavy (non-hydrogen) atoms. The van der Waals surface area contributed by atoms with E-state index in [4.69, 9.17) is 44.6 Å². The molecule has 0 saturated heterocycles. The fourth-order valence-corrected chi connectivity index (χ4v) is 1.35. The lowest BCUT2D eigenvalue weighted by Crippen LogP contribution is -2.09. The van der Waals surface area contributed by atoms with Gasteiger partial charge in [0, 0.05) is 6.07 Å². The van der Waals surface area contributed by atoms with E-state index in [2.05, 4.69) is 0 Å². The van der Waals surface area contributed by atoms with Crippen LogP contribution in [0.25, 0.3) is 0 Å². The van der Waals surface area contributed by atoms with Gasteiger partial charge in [-0.25, -0.2) is 4.79 Å². The lowest BCUT2D eigenvalue weighted by Gasteiger charge is -2.06. The predicted molar refractivity (Wildman–Crippen MR) is 54.6 cm³/mol. The minimum absolute atomic E-state index is 0.198. The largest absolute Gasteiger partial charge is 0.480 e. The van der Waals surface area contributed by atoms with Gasteiger partial charge in [-0.05, 0) is 6.07 Å². The van der Waals surface area contributed by atoms with Crippen LogP contribution in [0.1, 0.15) is 0 Å². The molecule has 0 radical (unpaired) electrons. The molecule has 6 heteroatoms. The van der Waals surface area contributed by atoms with Crippen LogP contribution in [-0.4, -0.2) is 17.7 Å². The maximum Gasteiger partial charge on any atom is 0.341 e. The summed E-state index contributed by atoms with van der Waals surface area (Å²) in [4.78, 5) is 10.2. The van der Waals surface area contributed by atoms with E-state index in [1.54, 1.807) is 0 Å². The maximum absolute atomic E-state index is 10.2. The van der Waals surface area contributed by atoms with E-state index in [9.17, 15) is 4.79 Å². The monoisotopic (exact) mass is 266 g/mol. The summed E-state index contributed by atoms with van der Waals surface area (Å²) in [5, 5.41) is 9.14. The number of carboxylic acid groups (broad SMARTS) is 1. The Morgan fingerprint density at radius 2 is 1.79 bits per heavy atom. The van der Waals surface area contributed by atoms with Gasteiger partial charge in [0.2, 0.25) is 0 Å². The van der Waals surface area contributed by atoms with Gasteiger partial charge in [-0.2, -0.15) is 0 Å². The van der Waals surface area contributed by atoms with Gasteiger partial charge < -0.3 is 9.84 Å². The SMILES string of the molecule is O=C(O)CO[14c]1[14cH][14c](Cl)[14c](Cl)[14cH][14c]1Cl. The van der Waals surface area contributed by atoms with Gasteiger partial charge in [-0.1, -0.05) is 34.8 Å². The Morgan fingerprint density at radius 3 is 2.36 bits per heavy atom. The lowest BCUT2D eigenvalue weighted by atomic mass is 10.8. The molecule has 1 aromatic carbocycles. The molecule has 0 unspecified atom stereocenters. The van der Waals surface area contributed by atoms with Gasteiger partial charge in [0.15, 0.2) is 6.61 Å². The van der Waals surface area contributed by atoms with Gasteiger partial charge in [-0.15, -0.1) is 0 Å². The van der Waals surface area contributed by atoms with E-state index in [-0.39, 0.29) is 15.8 Å². The van der Waals surface area contributed by atoms with E-state index in [1.807, 2.05) is 0 Å². The molecule has 3 nitrogen and oxygen atoms in total. The first kappa shape index (κ1) is 11.4. The Labute approximate surface area is 95.1 Å². The zero-order chi connectivity index (χ0) is 10.7. The number of aliphatic carboxylic acids is 1. The molecule has 0 saturated carbocycles. The summed E-state index contributed by atoms with van der Waals surface area (Å²) >= 11 is 17.1. The number of halogens is 3. The summed E-state index contributed by atoms with van der Waals surface area (Å²) in [5.74, 6) is -0.893. The van der Waals surface area contributed by atoms with Crippen LogP contribution in [0, 0.1) is 0 Å². The summed E-state index contributed by atoms with van der Waals surface area (Å²) in [6.45, 7) is -0.475. The molecule has 76 valence electrons. The van der Waals surface area contributed by atoms with Crippen molar-refractivity contribution >= 4 is 40.8 Å². The fraction of sp³-hybridized carbons (Fsp3) is 0.125. The highest BCUT2D eigenvalue weighted by Crippen LogP contribution is 2.33. The Bertz CT molecular complexity index is 365. The normalized spacial score (nSPS) is 9.93. The summed E-state index contributed by atoms with van der Waals surface area (Å²) < 4.78 is 4.86. The molecule has 0 aliphatic heterocycles. The van der Waals surface area contributed by atoms with Crippen LogP contribution in [0.3, 0.4) is 0 Å². The number of hydrogen-bond donors (Lipinski definition) is 1. The number of ether oxygens (including phenoxy) is 1. The van der Waals surface area contributed by atoms with Gasteiger partial charge >= 0.3 is 5.97 Å². The maximum atomic E-state index is 10.2. The zero-order valence-corrected chi connectivity index (χ0v) is 9.03. The van der Waals surface area contributed by atoms with E-state index in [1.165, 1.54) is 12.1 Å². The minimum atomic E-state index is -1.09. The van der Waals surface area contributed by atoms with Crippen LogP contribution >= 0.6 is 34.8 Å². The zero-order valence-electron chi connectivity index (χ0n) is 6.76. The predicted octanol–water partition coefficient (Wildman–Crippen LogP) is 3.11. The second kappa shape index (κ2) is 4.73. The van der Waals surface area contributed by atoms with Crippen LogP contribution in [-0.2, 0) is 4.79 Å². The number of carboxylic acids is 1. The van der Waals surface area contributed by atoms with Gasteiger partial charge in [-0.3, -0.25) is 0 Å². The van der Waals surface area contributed by atoms with E-state index in [0.29, 0.717) is 5.02 Å². The highest BCUT2D eigenvalue weighted by molar-refractivity contribution is 6.43. The molecule has 0 amide bonds. The Balaban J connectivity index is 2.87. The van der Waals surface area contributed by atoms with Crippen molar-refractivity contribution in [3.63, 3.8) is 0 Å². The van der Waals surface area contributed by atoms with Crippen molar-refractivity contribution in [2.75, 3.05) is 6.61 Å². The molecule has 0 heterocycles. The van der Waals surface area contributed by atoms with Crippen molar-refractivity contribution in [3.05, 3.63) is 27.2 Å². The molecule has 1 rings (SSSR count). The van der Waals surface area contributed by atoms with Crippen LogP contribution in [0.15, 0.2) is 12.1 Å². The third-order valence-corrected chi connectivity index (χ3v) is 2.34. The van der Waals surface area contributed by atoms with Crippen molar-refractivity contribution < 1.29 is 14.6 Å². The van der Waals surface area contributed by atoms with Gasteiger partial charge in [0.05, 0.1) is 15.1 Å². The molecule has 0 aliphatic carbocycles. The molecule has 0 aromatic heterocycles. The Morgan fingerprint density at radius 1 is 1.21 bits per heavy atom. The second-order valence-electron chi connectivity index (χ2n) is 2.38. The highest BCUT2D eigenvalue weighted by Gasteiger charge is 2.08. The molecule has 0 atom stereocenters. The third kappa shape index (κ3) is 2.94. The van der Waals surface area contributed by atoms with E-state index < -0.39 is 12.6 Å². The van der Waals surface area contributed by atoms with E-state index >= 15 is 0 Å². The first-order chi connectivity index (χ1) is 6.50. The van der Waals surface area contributed by atoms with Gasteiger partial charge in [0.1, 0.15) is 5.75 Å². The lowest BCUT2D eigenvalue weighted by molar-refractivity contribution is -0.139. The number of benzene rings is 1. The molecule has 1 N–H and O–H groups in total. The first-order valence-corrected chi connectivity index (χ1v) is 4.63. The second-order valence-corrected chi connectivity index (χ2v) is 3.60. The third-order valence-electron chi connectivity index (χ3n) is 1.33. The smallest absolute Gasteiger partial charge is 0.341 e. The van der Waals surface area contributed by atoms with Crippen molar-refractivity contribution in [2.24, 2.45) is 0 Å². The van der Waals surface area contributed by atoms with Gasteiger partial charge in [0.25, 0.3) is 0 Å². The Hall–Kier alpha value is -0.640. The quantitative estimate of drug-likeness (QED) is 0.856. The molecular formula is C8H5Cl3O3. The topological polar surface area (TPSA) is 46.5 Å². The van der Waals surface area contributed by atoms with Crippen molar-refractivity contribution in [1.29, 1.82) is 0 Å². The molecule has 0 fully saturated rings. The van der Waals surface area contributed by atoms with Crippen LogP contribution < -0.4 is 4.74 Å². The Kier molecular flexibility index (Phi) is 3.86. The number of rotatable bonds is 3. The summed E-state index contributed by atoms with van der Waals surface area (Å²) in [5.41, 5.74) is 0.